The van der Waals surface area contributed by atoms with Crippen LogP contribution in [0.25, 0.3) is 0 Å². The van der Waals surface area contributed by atoms with Gasteiger partial charge in [0.1, 0.15) is 0 Å². The summed E-state index contributed by atoms with van der Waals surface area (Å²) in [5.41, 5.74) is 7.51. The number of hydrogen-bond donors (Lipinski definition) is 3. The van der Waals surface area contributed by atoms with Crippen LogP contribution >= 0.6 is 0 Å². The van der Waals surface area contributed by atoms with Gasteiger partial charge in [0.15, 0.2) is 5.78 Å². The van der Waals surface area contributed by atoms with E-state index in [9.17, 15) is 9.90 Å². The van der Waals surface area contributed by atoms with E-state index in [1.54, 1.807) is 12.1 Å². The van der Waals surface area contributed by atoms with E-state index in [-0.39, 0.29) is 18.4 Å². The number of ketones is 1. The molecule has 0 radical (unpaired) electrons. The average molecular weight is 236 g/mol. The molecular weight excluding hydrogens is 216 g/mol. The van der Waals surface area contributed by atoms with E-state index in [1.165, 1.54) is 6.92 Å². The summed E-state index contributed by atoms with van der Waals surface area (Å²) in [6.45, 7) is 5.59. The maximum Gasteiger partial charge on any atom is 0.161 e. The third kappa shape index (κ3) is 3.46. The van der Waals surface area contributed by atoms with Gasteiger partial charge in [0.25, 0.3) is 0 Å². The minimum Gasteiger partial charge on any atom is -0.398 e. The Kier molecular flexibility index (Phi) is 4.52. The molecular formula is C13H20N2O2. The number of carbonyl (C=O) groups excluding carboxylic acids is 1. The lowest BCUT2D eigenvalue weighted by Gasteiger charge is -2.21. The zero-order valence-electron chi connectivity index (χ0n) is 10.5. The first-order valence-corrected chi connectivity index (χ1v) is 5.73. The van der Waals surface area contributed by atoms with E-state index in [0.29, 0.717) is 17.2 Å². The Morgan fingerprint density at radius 1 is 1.47 bits per heavy atom. The molecule has 0 spiro atoms. The van der Waals surface area contributed by atoms with Crippen molar-refractivity contribution in [1.82, 2.24) is 0 Å². The number of nitrogens with one attached hydrogen (secondary N) is 1. The molecule has 4 heteroatoms. The van der Waals surface area contributed by atoms with Gasteiger partial charge in [-0.1, -0.05) is 13.8 Å². The largest absolute Gasteiger partial charge is 0.398 e. The fourth-order valence-electron chi connectivity index (χ4n) is 1.59. The second kappa shape index (κ2) is 5.68. The van der Waals surface area contributed by atoms with E-state index in [2.05, 4.69) is 5.32 Å². The van der Waals surface area contributed by atoms with E-state index in [4.69, 9.17) is 5.73 Å². The summed E-state index contributed by atoms with van der Waals surface area (Å²) in [6, 6.07) is 5.21. The van der Waals surface area contributed by atoms with Crippen molar-refractivity contribution in [3.8, 4) is 0 Å². The fourth-order valence-corrected chi connectivity index (χ4v) is 1.59. The van der Waals surface area contributed by atoms with Crippen LogP contribution in [0.15, 0.2) is 18.2 Å². The first kappa shape index (κ1) is 13.5. The molecule has 1 unspecified atom stereocenters. The number of carbonyl (C=O) groups is 1. The fraction of sp³-hybridized carbons (Fsp3) is 0.462. The van der Waals surface area contributed by atoms with Gasteiger partial charge in [0.05, 0.1) is 12.6 Å². The zero-order valence-corrected chi connectivity index (χ0v) is 10.5. The monoisotopic (exact) mass is 236 g/mol. The minimum absolute atomic E-state index is 0.0292. The second-order valence-electron chi connectivity index (χ2n) is 4.54. The summed E-state index contributed by atoms with van der Waals surface area (Å²) in [4.78, 5) is 11.4. The molecule has 0 saturated heterocycles. The molecule has 0 aromatic heterocycles. The van der Waals surface area contributed by atoms with Crippen LogP contribution < -0.4 is 11.1 Å². The Bertz CT molecular complexity index is 402. The zero-order chi connectivity index (χ0) is 13.0. The highest BCUT2D eigenvalue weighted by molar-refractivity contribution is 6.00. The standard InChI is InChI=1S/C13H20N2O2/c1-8(2)13(7-16)15-10-4-5-12(14)11(6-10)9(3)17/h4-6,8,13,15-16H,7,14H2,1-3H3. The molecule has 1 aromatic rings. The third-order valence-corrected chi connectivity index (χ3v) is 2.79. The van der Waals surface area contributed by atoms with Gasteiger partial charge in [-0.05, 0) is 31.0 Å². The van der Waals surface area contributed by atoms with Crippen LogP contribution in [0.1, 0.15) is 31.1 Å². The summed E-state index contributed by atoms with van der Waals surface area (Å²) in [5.74, 6) is 0.245. The highest BCUT2D eigenvalue weighted by atomic mass is 16.3. The number of aliphatic hydroxyl groups excluding tert-OH is 1. The Labute approximate surface area is 102 Å². The van der Waals surface area contributed by atoms with E-state index in [1.807, 2.05) is 19.9 Å². The van der Waals surface area contributed by atoms with Crippen molar-refractivity contribution in [1.29, 1.82) is 0 Å². The normalized spacial score (nSPS) is 12.5. The van der Waals surface area contributed by atoms with Crippen molar-refractivity contribution in [2.24, 2.45) is 5.92 Å². The first-order chi connectivity index (χ1) is 7.95. The smallest absolute Gasteiger partial charge is 0.161 e. The maximum atomic E-state index is 11.4. The van der Waals surface area contributed by atoms with Crippen molar-refractivity contribution in [2.45, 2.75) is 26.8 Å². The number of nitrogens with two attached hydrogens (primary N) is 1. The SMILES string of the molecule is CC(=O)c1cc(NC(CO)C(C)C)ccc1N. The number of benzene rings is 1. The summed E-state index contributed by atoms with van der Waals surface area (Å²) in [6.07, 6.45) is 0. The molecule has 0 amide bonds. The highest BCUT2D eigenvalue weighted by Gasteiger charge is 2.13. The summed E-state index contributed by atoms with van der Waals surface area (Å²) < 4.78 is 0. The molecule has 1 rings (SSSR count). The lowest BCUT2D eigenvalue weighted by Crippen LogP contribution is -2.29. The third-order valence-electron chi connectivity index (χ3n) is 2.79. The molecule has 17 heavy (non-hydrogen) atoms. The van der Waals surface area contributed by atoms with Crippen molar-refractivity contribution >= 4 is 17.2 Å². The van der Waals surface area contributed by atoms with Crippen molar-refractivity contribution < 1.29 is 9.90 Å². The maximum absolute atomic E-state index is 11.4. The molecule has 0 bridgehead atoms. The highest BCUT2D eigenvalue weighted by Crippen LogP contribution is 2.20. The molecule has 0 aliphatic heterocycles. The van der Waals surface area contributed by atoms with Gasteiger partial charge < -0.3 is 16.2 Å². The van der Waals surface area contributed by atoms with Gasteiger partial charge in [-0.2, -0.15) is 0 Å². The van der Waals surface area contributed by atoms with Crippen LogP contribution in [-0.4, -0.2) is 23.5 Å². The van der Waals surface area contributed by atoms with E-state index < -0.39 is 0 Å². The van der Waals surface area contributed by atoms with E-state index in [0.717, 1.165) is 5.69 Å². The second-order valence-corrected chi connectivity index (χ2v) is 4.54. The Morgan fingerprint density at radius 2 is 2.12 bits per heavy atom. The van der Waals surface area contributed by atoms with Crippen molar-refractivity contribution in [2.75, 3.05) is 17.7 Å². The summed E-state index contributed by atoms with van der Waals surface area (Å²) in [5, 5.41) is 12.4. The van der Waals surface area contributed by atoms with Crippen molar-refractivity contribution in [3.63, 3.8) is 0 Å². The lowest BCUT2D eigenvalue weighted by molar-refractivity contribution is 0.101. The number of rotatable bonds is 5. The number of nitrogen functional groups attached to an aromatic ring is 1. The Morgan fingerprint density at radius 3 is 2.59 bits per heavy atom. The molecule has 1 aromatic carbocycles. The van der Waals surface area contributed by atoms with Crippen LogP contribution in [0.5, 0.6) is 0 Å². The number of Topliss-reactive ketones (excluding diaryl/α,β-unsaturated/α-hetero) is 1. The van der Waals surface area contributed by atoms with Gasteiger partial charge in [-0.25, -0.2) is 0 Å². The molecule has 0 aliphatic carbocycles. The van der Waals surface area contributed by atoms with Crippen LogP contribution in [0.3, 0.4) is 0 Å². The van der Waals surface area contributed by atoms with Gasteiger partial charge in [-0.15, -0.1) is 0 Å². The van der Waals surface area contributed by atoms with Crippen LogP contribution in [-0.2, 0) is 0 Å². The quantitative estimate of drug-likeness (QED) is 0.539. The molecule has 0 heterocycles. The first-order valence-electron chi connectivity index (χ1n) is 5.73. The summed E-state index contributed by atoms with van der Waals surface area (Å²) >= 11 is 0. The molecule has 4 nitrogen and oxygen atoms in total. The number of aliphatic hydroxyl groups is 1. The molecule has 94 valence electrons. The van der Waals surface area contributed by atoms with Gasteiger partial charge in [0, 0.05) is 16.9 Å². The average Bonchev–Trinajstić information content (AvgIpc) is 2.27. The van der Waals surface area contributed by atoms with Crippen LogP contribution in [0, 0.1) is 5.92 Å². The van der Waals surface area contributed by atoms with Crippen LogP contribution in [0.2, 0.25) is 0 Å². The van der Waals surface area contributed by atoms with Gasteiger partial charge >= 0.3 is 0 Å². The number of anilines is 2. The minimum atomic E-state index is -0.0590. The predicted octanol–water partition coefficient (Wildman–Crippen LogP) is 1.90. The molecule has 0 saturated carbocycles. The molecule has 0 aliphatic rings. The molecule has 1 atom stereocenters. The topological polar surface area (TPSA) is 75.3 Å². The van der Waals surface area contributed by atoms with Crippen LogP contribution in [0.4, 0.5) is 11.4 Å². The van der Waals surface area contributed by atoms with Gasteiger partial charge in [-0.3, -0.25) is 4.79 Å². The predicted molar refractivity (Wildman–Crippen MR) is 70.2 cm³/mol. The van der Waals surface area contributed by atoms with Gasteiger partial charge in [0.2, 0.25) is 0 Å². The number of hydrogen-bond acceptors (Lipinski definition) is 4. The summed E-state index contributed by atoms with van der Waals surface area (Å²) in [7, 11) is 0. The van der Waals surface area contributed by atoms with E-state index >= 15 is 0 Å². The molecule has 4 N–H and O–H groups in total. The molecule has 0 fully saturated rings. The van der Waals surface area contributed by atoms with Crippen molar-refractivity contribution in [3.05, 3.63) is 23.8 Å². The Balaban J connectivity index is 2.92. The lowest BCUT2D eigenvalue weighted by atomic mass is 10.0. The Hall–Kier alpha value is -1.55.